The monoisotopic (exact) mass is 359 g/mol. The summed E-state index contributed by atoms with van der Waals surface area (Å²) >= 11 is 0. The van der Waals surface area contributed by atoms with Crippen molar-refractivity contribution in [3.8, 4) is 11.1 Å². The summed E-state index contributed by atoms with van der Waals surface area (Å²) in [6.45, 7) is 4.19. The van der Waals surface area contributed by atoms with Crippen LogP contribution in [0.3, 0.4) is 0 Å². The summed E-state index contributed by atoms with van der Waals surface area (Å²) in [4.78, 5) is 15.9. The van der Waals surface area contributed by atoms with Gasteiger partial charge in [-0.15, -0.1) is 0 Å². The molecule has 0 bridgehead atoms. The number of carbonyl (C=O) groups is 1. The van der Waals surface area contributed by atoms with Gasteiger partial charge in [0, 0.05) is 41.6 Å². The molecule has 1 aliphatic rings. The molecule has 0 atom stereocenters. The molecular weight excluding hydrogens is 338 g/mol. The van der Waals surface area contributed by atoms with Gasteiger partial charge in [-0.1, -0.05) is 0 Å². The van der Waals surface area contributed by atoms with E-state index < -0.39 is 0 Å². The standard InChI is InChI=1S/C21H21N5O/c1-12-8-18-19(24-25-20(18)14-3-5-16(27)6-4-14)9-17(12)15-7-13(2)21-22-11-23-26(21)10-15/h7-11,14H,3-6H2,1-2H3,(H,24,25). The Morgan fingerprint density at radius 1 is 1.11 bits per heavy atom. The van der Waals surface area contributed by atoms with Gasteiger partial charge in [0.15, 0.2) is 5.65 Å². The number of H-pyrrole nitrogens is 1. The predicted molar refractivity (Wildman–Crippen MR) is 104 cm³/mol. The van der Waals surface area contributed by atoms with E-state index in [2.05, 4.69) is 52.3 Å². The number of fused-ring (bicyclic) bond motifs is 2. The molecule has 0 amide bonds. The maximum atomic E-state index is 11.6. The Morgan fingerprint density at radius 3 is 2.74 bits per heavy atom. The Labute approximate surface area is 156 Å². The first kappa shape index (κ1) is 16.2. The Kier molecular flexibility index (Phi) is 3.60. The van der Waals surface area contributed by atoms with Crippen molar-refractivity contribution in [3.05, 3.63) is 47.5 Å². The number of nitrogens with one attached hydrogen (secondary N) is 1. The smallest absolute Gasteiger partial charge is 0.158 e. The third kappa shape index (κ3) is 2.63. The number of aromatic nitrogens is 5. The van der Waals surface area contributed by atoms with E-state index in [1.165, 1.54) is 16.6 Å². The van der Waals surface area contributed by atoms with E-state index in [0.717, 1.165) is 40.7 Å². The van der Waals surface area contributed by atoms with Gasteiger partial charge in [-0.25, -0.2) is 9.50 Å². The van der Waals surface area contributed by atoms with Crippen LogP contribution in [0.25, 0.3) is 27.7 Å². The molecule has 4 aromatic rings. The van der Waals surface area contributed by atoms with Crippen molar-refractivity contribution in [2.24, 2.45) is 0 Å². The summed E-state index contributed by atoms with van der Waals surface area (Å²) in [6, 6.07) is 6.52. The Morgan fingerprint density at radius 2 is 1.93 bits per heavy atom. The molecule has 0 unspecified atom stereocenters. The second-order valence-electron chi connectivity index (χ2n) is 7.57. The first-order valence-electron chi connectivity index (χ1n) is 9.41. The maximum Gasteiger partial charge on any atom is 0.158 e. The van der Waals surface area contributed by atoms with Crippen LogP contribution < -0.4 is 0 Å². The van der Waals surface area contributed by atoms with E-state index in [9.17, 15) is 4.79 Å². The number of nitrogens with zero attached hydrogens (tertiary/aromatic N) is 4. The third-order valence-corrected chi connectivity index (χ3v) is 5.75. The SMILES string of the molecule is Cc1cc2c(C3CCC(=O)CC3)[nH]nc2cc1-c1cc(C)c2ncnn2c1. The lowest BCUT2D eigenvalue weighted by Crippen LogP contribution is -2.12. The van der Waals surface area contributed by atoms with Crippen LogP contribution >= 0.6 is 0 Å². The molecule has 1 aliphatic carbocycles. The quantitative estimate of drug-likeness (QED) is 0.584. The fraction of sp³-hybridized carbons (Fsp3) is 0.333. The minimum Gasteiger partial charge on any atom is -0.300 e. The molecule has 136 valence electrons. The van der Waals surface area contributed by atoms with Crippen LogP contribution in [0.2, 0.25) is 0 Å². The Hall–Kier alpha value is -3.02. The highest BCUT2D eigenvalue weighted by Gasteiger charge is 2.24. The van der Waals surface area contributed by atoms with Crippen molar-refractivity contribution < 1.29 is 4.79 Å². The molecule has 1 saturated carbocycles. The second kappa shape index (κ2) is 6.01. The predicted octanol–water partition coefficient (Wildman–Crippen LogP) is 4.12. The molecule has 27 heavy (non-hydrogen) atoms. The third-order valence-electron chi connectivity index (χ3n) is 5.75. The first-order valence-corrected chi connectivity index (χ1v) is 9.41. The molecule has 6 nitrogen and oxygen atoms in total. The van der Waals surface area contributed by atoms with Crippen molar-refractivity contribution in [3.63, 3.8) is 0 Å². The molecule has 1 aromatic carbocycles. The van der Waals surface area contributed by atoms with Crippen molar-refractivity contribution in [2.75, 3.05) is 0 Å². The van der Waals surface area contributed by atoms with Gasteiger partial charge in [-0.2, -0.15) is 10.2 Å². The van der Waals surface area contributed by atoms with Gasteiger partial charge >= 0.3 is 0 Å². The van der Waals surface area contributed by atoms with Crippen LogP contribution in [0.1, 0.15) is 48.4 Å². The van der Waals surface area contributed by atoms with Gasteiger partial charge in [-0.05, 0) is 61.6 Å². The van der Waals surface area contributed by atoms with Crippen molar-refractivity contribution in [2.45, 2.75) is 45.4 Å². The van der Waals surface area contributed by atoms with Crippen LogP contribution in [-0.2, 0) is 4.79 Å². The van der Waals surface area contributed by atoms with Crippen LogP contribution in [-0.4, -0.2) is 30.6 Å². The van der Waals surface area contributed by atoms with E-state index in [-0.39, 0.29) is 0 Å². The second-order valence-corrected chi connectivity index (χ2v) is 7.57. The van der Waals surface area contributed by atoms with Gasteiger partial charge in [0.1, 0.15) is 12.1 Å². The fourth-order valence-electron chi connectivity index (χ4n) is 4.28. The van der Waals surface area contributed by atoms with Crippen LogP contribution in [0, 0.1) is 13.8 Å². The molecule has 1 fully saturated rings. The number of rotatable bonds is 2. The number of ketones is 1. The molecule has 0 aliphatic heterocycles. The van der Waals surface area contributed by atoms with E-state index in [1.807, 2.05) is 10.7 Å². The van der Waals surface area contributed by atoms with Gasteiger partial charge in [-0.3, -0.25) is 9.89 Å². The van der Waals surface area contributed by atoms with Crippen LogP contribution in [0.4, 0.5) is 0 Å². The lowest BCUT2D eigenvalue weighted by Gasteiger charge is -2.20. The molecule has 0 spiro atoms. The molecule has 1 N–H and O–H groups in total. The van der Waals surface area contributed by atoms with E-state index >= 15 is 0 Å². The van der Waals surface area contributed by atoms with Crippen LogP contribution in [0.5, 0.6) is 0 Å². The highest BCUT2D eigenvalue weighted by Crippen LogP contribution is 2.36. The van der Waals surface area contributed by atoms with Crippen molar-refractivity contribution in [1.82, 2.24) is 24.8 Å². The van der Waals surface area contributed by atoms with Gasteiger partial charge in [0.25, 0.3) is 0 Å². The maximum absolute atomic E-state index is 11.6. The Balaban J connectivity index is 1.60. The number of pyridine rings is 1. The summed E-state index contributed by atoms with van der Waals surface area (Å²) in [7, 11) is 0. The first-order chi connectivity index (χ1) is 13.1. The zero-order valence-electron chi connectivity index (χ0n) is 15.5. The van der Waals surface area contributed by atoms with Crippen LogP contribution in [0.15, 0.2) is 30.7 Å². The lowest BCUT2D eigenvalue weighted by atomic mass is 9.84. The zero-order valence-corrected chi connectivity index (χ0v) is 15.5. The number of carbonyl (C=O) groups excluding carboxylic acids is 1. The molecule has 3 aromatic heterocycles. The van der Waals surface area contributed by atoms with Gasteiger partial charge in [0.2, 0.25) is 0 Å². The number of hydrogen-bond acceptors (Lipinski definition) is 4. The van der Waals surface area contributed by atoms with E-state index in [1.54, 1.807) is 6.33 Å². The molecule has 0 saturated heterocycles. The average molecular weight is 359 g/mol. The van der Waals surface area contributed by atoms with Crippen molar-refractivity contribution in [1.29, 1.82) is 0 Å². The van der Waals surface area contributed by atoms with E-state index in [4.69, 9.17) is 0 Å². The van der Waals surface area contributed by atoms with Gasteiger partial charge in [0.05, 0.1) is 5.52 Å². The molecule has 5 rings (SSSR count). The number of aromatic amines is 1. The number of benzene rings is 1. The highest BCUT2D eigenvalue weighted by atomic mass is 16.1. The lowest BCUT2D eigenvalue weighted by molar-refractivity contribution is -0.120. The number of Topliss-reactive ketones (excluding diaryl/α,β-unsaturated/α-hetero) is 1. The molecular formula is C21H21N5O. The number of aryl methyl sites for hydroxylation is 2. The number of hydrogen-bond donors (Lipinski definition) is 1. The molecule has 0 radical (unpaired) electrons. The summed E-state index contributed by atoms with van der Waals surface area (Å²) in [6.07, 6.45) is 6.79. The minimum atomic E-state index is 0.382. The Bertz CT molecular complexity index is 1180. The molecule has 3 heterocycles. The largest absolute Gasteiger partial charge is 0.300 e. The van der Waals surface area contributed by atoms with E-state index in [0.29, 0.717) is 24.5 Å². The summed E-state index contributed by atoms with van der Waals surface area (Å²) in [5.74, 6) is 0.777. The summed E-state index contributed by atoms with van der Waals surface area (Å²) in [5.41, 5.74) is 7.59. The normalized spacial score (nSPS) is 15.9. The summed E-state index contributed by atoms with van der Waals surface area (Å²) in [5, 5.41) is 13.3. The molecule has 6 heteroatoms. The van der Waals surface area contributed by atoms with Gasteiger partial charge < -0.3 is 0 Å². The topological polar surface area (TPSA) is 75.9 Å². The average Bonchev–Trinajstić information content (AvgIpc) is 3.28. The minimum absolute atomic E-state index is 0.382. The summed E-state index contributed by atoms with van der Waals surface area (Å²) < 4.78 is 1.82. The zero-order chi connectivity index (χ0) is 18.5. The van der Waals surface area contributed by atoms with Crippen molar-refractivity contribution >= 4 is 22.3 Å². The fourth-order valence-corrected chi connectivity index (χ4v) is 4.28. The highest BCUT2D eigenvalue weighted by molar-refractivity contribution is 5.89.